The molecule has 1 heterocycles. The second-order valence-corrected chi connectivity index (χ2v) is 8.91. The Kier molecular flexibility index (Phi) is 4.99. The molecule has 7 heteroatoms. The molecule has 0 radical (unpaired) electrons. The quantitative estimate of drug-likeness (QED) is 0.801. The summed E-state index contributed by atoms with van der Waals surface area (Å²) in [6.45, 7) is 3.44. The van der Waals surface area contributed by atoms with E-state index in [-0.39, 0.29) is 18.5 Å². The summed E-state index contributed by atoms with van der Waals surface area (Å²) in [5, 5.41) is 0.462. The van der Waals surface area contributed by atoms with E-state index in [2.05, 4.69) is 0 Å². The van der Waals surface area contributed by atoms with Crippen molar-refractivity contribution >= 4 is 38.9 Å². The van der Waals surface area contributed by atoms with E-state index in [1.54, 1.807) is 30.0 Å². The lowest BCUT2D eigenvalue weighted by molar-refractivity contribution is -0.117. The van der Waals surface area contributed by atoms with Crippen LogP contribution in [-0.2, 0) is 21.2 Å². The number of rotatable bonds is 4. The van der Waals surface area contributed by atoms with Gasteiger partial charge < -0.3 is 4.90 Å². The van der Waals surface area contributed by atoms with Crippen molar-refractivity contribution in [3.05, 3.63) is 58.6 Å². The highest BCUT2D eigenvalue weighted by Crippen LogP contribution is 2.33. The van der Waals surface area contributed by atoms with Crippen molar-refractivity contribution in [2.24, 2.45) is 0 Å². The van der Waals surface area contributed by atoms with Gasteiger partial charge in [0.2, 0.25) is 15.9 Å². The van der Waals surface area contributed by atoms with Gasteiger partial charge in [0.05, 0.1) is 11.9 Å². The monoisotopic (exact) mass is 392 g/mol. The molecule has 2 aromatic rings. The minimum absolute atomic E-state index is 0.0123. The average molecular weight is 393 g/mol. The first-order valence-electron chi connectivity index (χ1n) is 8.33. The Bertz CT molecular complexity index is 959. The fraction of sp³-hybridized carbons (Fsp3) is 0.316. The second kappa shape index (κ2) is 6.93. The molecule has 0 fully saturated rings. The maximum atomic E-state index is 13.0. The number of anilines is 2. The SMILES string of the molecule is Cc1c(Cl)cccc1N(CC(=O)N1c2ccccc2C[C@@H]1C)S(C)(=O)=O. The zero-order valence-corrected chi connectivity index (χ0v) is 16.5. The van der Waals surface area contributed by atoms with Crippen LogP contribution in [0.3, 0.4) is 0 Å². The van der Waals surface area contributed by atoms with Crippen molar-refractivity contribution in [3.8, 4) is 0 Å². The standard InChI is InChI=1S/C19H21ClN2O3S/c1-13-11-15-7-4-5-9-18(15)22(13)19(23)12-21(26(3,24)25)17-10-6-8-16(20)14(17)2/h4-10,13H,11-12H2,1-3H3/t13-/m0/s1. The van der Waals surface area contributed by atoms with E-state index < -0.39 is 10.0 Å². The largest absolute Gasteiger partial charge is 0.307 e. The van der Waals surface area contributed by atoms with Crippen molar-refractivity contribution in [2.45, 2.75) is 26.3 Å². The van der Waals surface area contributed by atoms with Crippen LogP contribution in [-0.4, -0.2) is 33.2 Å². The van der Waals surface area contributed by atoms with Gasteiger partial charge >= 0.3 is 0 Å². The minimum Gasteiger partial charge on any atom is -0.307 e. The molecule has 26 heavy (non-hydrogen) atoms. The molecule has 138 valence electrons. The van der Waals surface area contributed by atoms with E-state index in [4.69, 9.17) is 11.6 Å². The lowest BCUT2D eigenvalue weighted by Gasteiger charge is -2.28. The molecule has 3 rings (SSSR count). The van der Waals surface area contributed by atoms with Gasteiger partial charge in [0.15, 0.2) is 0 Å². The van der Waals surface area contributed by atoms with Crippen LogP contribution in [0, 0.1) is 6.92 Å². The van der Waals surface area contributed by atoms with E-state index in [9.17, 15) is 13.2 Å². The summed E-state index contributed by atoms with van der Waals surface area (Å²) < 4.78 is 25.9. The third-order valence-corrected chi connectivity index (χ3v) is 6.20. The van der Waals surface area contributed by atoms with Crippen LogP contribution in [0.2, 0.25) is 5.02 Å². The first-order valence-corrected chi connectivity index (χ1v) is 10.6. The Balaban J connectivity index is 1.96. The van der Waals surface area contributed by atoms with Gasteiger partial charge in [-0.15, -0.1) is 0 Å². The number of para-hydroxylation sites is 1. The zero-order chi connectivity index (χ0) is 19.1. The number of benzene rings is 2. The summed E-state index contributed by atoms with van der Waals surface area (Å²) >= 11 is 6.14. The molecule has 1 amide bonds. The first kappa shape index (κ1) is 18.7. The Morgan fingerprint density at radius 3 is 2.62 bits per heavy atom. The number of hydrogen-bond acceptors (Lipinski definition) is 3. The fourth-order valence-electron chi connectivity index (χ4n) is 3.39. The van der Waals surface area contributed by atoms with E-state index in [1.165, 1.54) is 0 Å². The lowest BCUT2D eigenvalue weighted by atomic mass is 10.1. The lowest BCUT2D eigenvalue weighted by Crippen LogP contribution is -2.45. The number of nitrogens with zero attached hydrogens (tertiary/aromatic N) is 2. The van der Waals surface area contributed by atoms with E-state index in [1.807, 2.05) is 31.2 Å². The number of amides is 1. The van der Waals surface area contributed by atoms with Crippen molar-refractivity contribution in [1.82, 2.24) is 0 Å². The molecule has 0 spiro atoms. The molecule has 2 aromatic carbocycles. The van der Waals surface area contributed by atoms with Gasteiger partial charge in [-0.3, -0.25) is 9.10 Å². The molecular weight excluding hydrogens is 372 g/mol. The Hall–Kier alpha value is -2.05. The maximum absolute atomic E-state index is 13.0. The third-order valence-electron chi connectivity index (χ3n) is 4.66. The van der Waals surface area contributed by atoms with Crippen LogP contribution in [0.4, 0.5) is 11.4 Å². The smallest absolute Gasteiger partial charge is 0.248 e. The van der Waals surface area contributed by atoms with Gasteiger partial charge in [-0.05, 0) is 49.6 Å². The fourth-order valence-corrected chi connectivity index (χ4v) is 4.46. The Labute approximate surface area is 159 Å². The molecule has 0 aromatic heterocycles. The van der Waals surface area contributed by atoms with Crippen LogP contribution in [0.5, 0.6) is 0 Å². The summed E-state index contributed by atoms with van der Waals surface area (Å²) in [4.78, 5) is 14.7. The molecule has 0 saturated heterocycles. The van der Waals surface area contributed by atoms with Gasteiger partial charge in [-0.2, -0.15) is 0 Å². The second-order valence-electron chi connectivity index (χ2n) is 6.60. The molecule has 1 aliphatic rings. The summed E-state index contributed by atoms with van der Waals surface area (Å²) in [5.74, 6) is -0.257. The number of hydrogen-bond donors (Lipinski definition) is 0. The van der Waals surface area contributed by atoms with E-state index in [0.29, 0.717) is 16.3 Å². The summed E-state index contributed by atoms with van der Waals surface area (Å²) in [5.41, 5.74) is 3.00. The molecule has 1 atom stereocenters. The first-order chi connectivity index (χ1) is 12.2. The van der Waals surface area contributed by atoms with Crippen LogP contribution >= 0.6 is 11.6 Å². The number of carbonyl (C=O) groups excluding carboxylic acids is 1. The molecule has 0 N–H and O–H groups in total. The van der Waals surface area contributed by atoms with Crippen molar-refractivity contribution in [2.75, 3.05) is 22.0 Å². The molecule has 0 aliphatic carbocycles. The molecule has 0 saturated carbocycles. The predicted molar refractivity (Wildman–Crippen MR) is 105 cm³/mol. The highest BCUT2D eigenvalue weighted by molar-refractivity contribution is 7.92. The van der Waals surface area contributed by atoms with Crippen LogP contribution in [0.25, 0.3) is 0 Å². The van der Waals surface area contributed by atoms with Gasteiger partial charge in [0, 0.05) is 16.8 Å². The molecular formula is C19H21ClN2O3S. The molecule has 1 aliphatic heterocycles. The minimum atomic E-state index is -3.65. The normalized spacial score (nSPS) is 16.5. The Morgan fingerprint density at radius 2 is 1.92 bits per heavy atom. The van der Waals surface area contributed by atoms with Gasteiger partial charge in [0.1, 0.15) is 6.54 Å². The number of halogens is 1. The molecule has 0 bridgehead atoms. The highest BCUT2D eigenvalue weighted by Gasteiger charge is 2.33. The number of carbonyl (C=O) groups is 1. The predicted octanol–water partition coefficient (Wildman–Crippen LogP) is 3.39. The average Bonchev–Trinajstić information content (AvgIpc) is 2.90. The molecule has 0 unspecified atom stereocenters. The third kappa shape index (κ3) is 3.44. The summed E-state index contributed by atoms with van der Waals surface area (Å²) in [7, 11) is -3.65. The zero-order valence-electron chi connectivity index (χ0n) is 14.9. The molecule has 5 nitrogen and oxygen atoms in total. The van der Waals surface area contributed by atoms with Crippen LogP contribution in [0.15, 0.2) is 42.5 Å². The van der Waals surface area contributed by atoms with Crippen LogP contribution < -0.4 is 9.21 Å². The topological polar surface area (TPSA) is 57.7 Å². The maximum Gasteiger partial charge on any atom is 0.248 e. The van der Waals surface area contributed by atoms with Gasteiger partial charge in [-0.1, -0.05) is 35.9 Å². The van der Waals surface area contributed by atoms with Crippen molar-refractivity contribution in [3.63, 3.8) is 0 Å². The van der Waals surface area contributed by atoms with E-state index >= 15 is 0 Å². The summed E-state index contributed by atoms with van der Waals surface area (Å²) in [6, 6.07) is 12.7. The highest BCUT2D eigenvalue weighted by atomic mass is 35.5. The Morgan fingerprint density at radius 1 is 1.23 bits per heavy atom. The van der Waals surface area contributed by atoms with E-state index in [0.717, 1.165) is 28.2 Å². The van der Waals surface area contributed by atoms with Crippen molar-refractivity contribution < 1.29 is 13.2 Å². The van der Waals surface area contributed by atoms with Gasteiger partial charge in [0.25, 0.3) is 0 Å². The summed E-state index contributed by atoms with van der Waals surface area (Å²) in [6.07, 6.45) is 1.86. The van der Waals surface area contributed by atoms with Crippen molar-refractivity contribution in [1.29, 1.82) is 0 Å². The number of sulfonamides is 1. The van der Waals surface area contributed by atoms with Gasteiger partial charge in [-0.25, -0.2) is 8.42 Å². The van der Waals surface area contributed by atoms with Crippen LogP contribution in [0.1, 0.15) is 18.1 Å². The number of fused-ring (bicyclic) bond motifs is 1.